The smallest absolute Gasteiger partial charge is 0.356 e. The number of H-pyrrole nitrogens is 1. The number of pyridine rings is 1. The van der Waals surface area contributed by atoms with Gasteiger partial charge in [-0.05, 0) is 12.0 Å². The topological polar surface area (TPSA) is 84.9 Å². The van der Waals surface area contributed by atoms with Crippen molar-refractivity contribution >= 4 is 34.0 Å². The van der Waals surface area contributed by atoms with Gasteiger partial charge in [-0.2, -0.15) is 0 Å². The number of ketones is 1. The molecule has 118 valence electrons. The Labute approximate surface area is 136 Å². The summed E-state index contributed by atoms with van der Waals surface area (Å²) in [6.07, 6.45) is 3.12. The van der Waals surface area contributed by atoms with Gasteiger partial charge in [-0.1, -0.05) is 13.8 Å². The molecule has 0 bridgehead atoms. The standard InChI is InChI=1S/C16H15N3O3S/c1-8(2)13-7-23-15(19-13)14(20)10-6-17-11-4-12(16(21)22-3)18-5-9(10)11/h4-8,17H,1-3H3. The van der Waals surface area contributed by atoms with E-state index in [1.165, 1.54) is 24.6 Å². The number of ether oxygens (including phenoxy) is 1. The second-order valence-electron chi connectivity index (χ2n) is 5.37. The molecule has 0 unspecified atom stereocenters. The zero-order chi connectivity index (χ0) is 16.6. The number of nitrogens with zero attached hydrogens (tertiary/aromatic N) is 2. The van der Waals surface area contributed by atoms with Gasteiger partial charge >= 0.3 is 5.97 Å². The third-order valence-corrected chi connectivity index (χ3v) is 4.37. The summed E-state index contributed by atoms with van der Waals surface area (Å²) in [5, 5.41) is 3.01. The van der Waals surface area contributed by atoms with Crippen LogP contribution in [-0.2, 0) is 4.74 Å². The van der Waals surface area contributed by atoms with Crippen molar-refractivity contribution in [3.8, 4) is 0 Å². The Kier molecular flexibility index (Phi) is 3.96. The summed E-state index contributed by atoms with van der Waals surface area (Å²) >= 11 is 1.34. The fraction of sp³-hybridized carbons (Fsp3) is 0.250. The van der Waals surface area contributed by atoms with E-state index >= 15 is 0 Å². The molecule has 0 aliphatic rings. The first-order valence-corrected chi connectivity index (χ1v) is 7.94. The summed E-state index contributed by atoms with van der Waals surface area (Å²) < 4.78 is 4.64. The zero-order valence-corrected chi connectivity index (χ0v) is 13.7. The lowest BCUT2D eigenvalue weighted by Crippen LogP contribution is -2.04. The number of aromatic amines is 1. The monoisotopic (exact) mass is 329 g/mol. The lowest BCUT2D eigenvalue weighted by atomic mass is 10.1. The fourth-order valence-electron chi connectivity index (χ4n) is 2.19. The number of thiazole rings is 1. The SMILES string of the molecule is COC(=O)c1cc2[nH]cc(C(=O)c3nc(C(C)C)cs3)c2cn1. The van der Waals surface area contributed by atoms with E-state index in [9.17, 15) is 9.59 Å². The molecule has 0 fully saturated rings. The second kappa shape index (κ2) is 5.92. The number of carbonyl (C=O) groups is 2. The Hall–Kier alpha value is -2.54. The molecule has 3 rings (SSSR count). The van der Waals surface area contributed by atoms with Crippen molar-refractivity contribution in [3.05, 3.63) is 45.8 Å². The quantitative estimate of drug-likeness (QED) is 0.587. The van der Waals surface area contributed by atoms with Gasteiger partial charge in [-0.3, -0.25) is 4.79 Å². The van der Waals surface area contributed by atoms with Gasteiger partial charge in [0.2, 0.25) is 5.78 Å². The molecule has 0 aliphatic carbocycles. The van der Waals surface area contributed by atoms with E-state index in [0.29, 0.717) is 21.5 Å². The maximum absolute atomic E-state index is 12.6. The van der Waals surface area contributed by atoms with Crippen LogP contribution in [0.3, 0.4) is 0 Å². The molecule has 7 heteroatoms. The van der Waals surface area contributed by atoms with Crippen molar-refractivity contribution in [2.45, 2.75) is 19.8 Å². The highest BCUT2D eigenvalue weighted by atomic mass is 32.1. The normalized spacial score (nSPS) is 11.1. The van der Waals surface area contributed by atoms with Gasteiger partial charge in [0, 0.05) is 23.2 Å². The average Bonchev–Trinajstić information content (AvgIpc) is 3.19. The maximum Gasteiger partial charge on any atom is 0.356 e. The van der Waals surface area contributed by atoms with E-state index in [-0.39, 0.29) is 17.4 Å². The summed E-state index contributed by atoms with van der Waals surface area (Å²) in [5.41, 5.74) is 2.25. The van der Waals surface area contributed by atoms with Crippen LogP contribution < -0.4 is 0 Å². The highest BCUT2D eigenvalue weighted by molar-refractivity contribution is 7.12. The number of fused-ring (bicyclic) bond motifs is 1. The van der Waals surface area contributed by atoms with Crippen LogP contribution in [0.15, 0.2) is 23.8 Å². The van der Waals surface area contributed by atoms with Gasteiger partial charge in [-0.15, -0.1) is 11.3 Å². The minimum absolute atomic E-state index is 0.152. The van der Waals surface area contributed by atoms with Crippen molar-refractivity contribution < 1.29 is 14.3 Å². The first-order chi connectivity index (χ1) is 11.0. The predicted molar refractivity (Wildman–Crippen MR) is 87.1 cm³/mol. The molecule has 0 radical (unpaired) electrons. The van der Waals surface area contributed by atoms with Crippen molar-refractivity contribution in [3.63, 3.8) is 0 Å². The van der Waals surface area contributed by atoms with Crippen LogP contribution in [0.1, 0.15) is 51.3 Å². The van der Waals surface area contributed by atoms with Gasteiger partial charge in [0.25, 0.3) is 0 Å². The minimum atomic E-state index is -0.518. The largest absolute Gasteiger partial charge is 0.464 e. The van der Waals surface area contributed by atoms with Crippen molar-refractivity contribution in [1.82, 2.24) is 15.0 Å². The van der Waals surface area contributed by atoms with E-state index in [1.54, 1.807) is 12.3 Å². The second-order valence-corrected chi connectivity index (χ2v) is 6.23. The van der Waals surface area contributed by atoms with Gasteiger partial charge in [0.15, 0.2) is 5.01 Å². The molecule has 0 amide bonds. The lowest BCUT2D eigenvalue weighted by Gasteiger charge is -1.99. The minimum Gasteiger partial charge on any atom is -0.464 e. The number of rotatable bonds is 4. The molecule has 0 atom stereocenters. The third kappa shape index (κ3) is 2.75. The van der Waals surface area contributed by atoms with Crippen molar-refractivity contribution in [1.29, 1.82) is 0 Å². The number of esters is 1. The van der Waals surface area contributed by atoms with Crippen LogP contribution >= 0.6 is 11.3 Å². The number of carbonyl (C=O) groups excluding carboxylic acids is 2. The van der Waals surface area contributed by atoms with Crippen LogP contribution in [0.2, 0.25) is 0 Å². The van der Waals surface area contributed by atoms with Crippen LogP contribution in [-0.4, -0.2) is 33.8 Å². The van der Waals surface area contributed by atoms with Crippen molar-refractivity contribution in [2.24, 2.45) is 0 Å². The number of aromatic nitrogens is 3. The first-order valence-electron chi connectivity index (χ1n) is 7.06. The molecule has 0 saturated carbocycles. The summed E-state index contributed by atoms with van der Waals surface area (Å²) in [5.74, 6) is -0.392. The molecule has 23 heavy (non-hydrogen) atoms. The van der Waals surface area contributed by atoms with Crippen LogP contribution in [0, 0.1) is 0 Å². The van der Waals surface area contributed by atoms with Crippen LogP contribution in [0.5, 0.6) is 0 Å². The number of hydrogen-bond donors (Lipinski definition) is 1. The number of hydrogen-bond acceptors (Lipinski definition) is 6. The van der Waals surface area contributed by atoms with Gasteiger partial charge in [0.1, 0.15) is 5.69 Å². The molecule has 6 nitrogen and oxygen atoms in total. The molecule has 0 aliphatic heterocycles. The predicted octanol–water partition coefficient (Wildman–Crippen LogP) is 3.16. The third-order valence-electron chi connectivity index (χ3n) is 3.51. The van der Waals surface area contributed by atoms with E-state index in [2.05, 4.69) is 19.7 Å². The van der Waals surface area contributed by atoms with E-state index in [4.69, 9.17) is 0 Å². The van der Waals surface area contributed by atoms with E-state index < -0.39 is 5.97 Å². The van der Waals surface area contributed by atoms with Crippen LogP contribution in [0.25, 0.3) is 10.9 Å². The molecule has 0 aromatic carbocycles. The summed E-state index contributed by atoms with van der Waals surface area (Å²) in [7, 11) is 1.30. The summed E-state index contributed by atoms with van der Waals surface area (Å²) in [6.45, 7) is 4.07. The van der Waals surface area contributed by atoms with E-state index in [1.807, 2.05) is 19.2 Å². The van der Waals surface area contributed by atoms with Gasteiger partial charge in [0.05, 0.1) is 23.9 Å². The fourth-order valence-corrected chi connectivity index (χ4v) is 3.12. The number of methoxy groups -OCH3 is 1. The molecule has 3 aromatic rings. The van der Waals surface area contributed by atoms with E-state index in [0.717, 1.165) is 5.69 Å². The molecular weight excluding hydrogens is 314 g/mol. The Morgan fingerprint density at radius 2 is 2.13 bits per heavy atom. The summed E-state index contributed by atoms with van der Waals surface area (Å²) in [4.78, 5) is 35.6. The Morgan fingerprint density at radius 1 is 1.35 bits per heavy atom. The Bertz CT molecular complexity index is 895. The molecular formula is C16H15N3O3S. The highest BCUT2D eigenvalue weighted by Crippen LogP contribution is 2.24. The van der Waals surface area contributed by atoms with Gasteiger partial charge < -0.3 is 9.72 Å². The average molecular weight is 329 g/mol. The Balaban J connectivity index is 1.99. The first kappa shape index (κ1) is 15.4. The highest BCUT2D eigenvalue weighted by Gasteiger charge is 2.19. The molecule has 0 saturated heterocycles. The molecule has 1 N–H and O–H groups in total. The maximum atomic E-state index is 12.6. The van der Waals surface area contributed by atoms with Crippen molar-refractivity contribution in [2.75, 3.05) is 7.11 Å². The number of nitrogens with one attached hydrogen (secondary N) is 1. The molecule has 3 aromatic heterocycles. The Morgan fingerprint density at radius 3 is 2.78 bits per heavy atom. The van der Waals surface area contributed by atoms with Gasteiger partial charge in [-0.25, -0.2) is 14.8 Å². The summed E-state index contributed by atoms with van der Waals surface area (Å²) in [6, 6.07) is 1.57. The molecule has 0 spiro atoms. The lowest BCUT2D eigenvalue weighted by molar-refractivity contribution is 0.0594. The zero-order valence-electron chi connectivity index (χ0n) is 12.9. The van der Waals surface area contributed by atoms with Crippen LogP contribution in [0.4, 0.5) is 0 Å². The molecule has 3 heterocycles.